The van der Waals surface area contributed by atoms with Crippen molar-refractivity contribution in [2.75, 3.05) is 6.54 Å². The van der Waals surface area contributed by atoms with Gasteiger partial charge in [0, 0.05) is 46.9 Å². The third-order valence-electron chi connectivity index (χ3n) is 12.2. The Hall–Kier alpha value is -3.43. The van der Waals surface area contributed by atoms with Crippen LogP contribution in [0, 0.1) is 24.5 Å². The Morgan fingerprint density at radius 2 is 1.64 bits per heavy atom. The van der Waals surface area contributed by atoms with Gasteiger partial charge >= 0.3 is 21.1 Å². The average Bonchev–Trinajstić information content (AvgIpc) is 3.69. The largest absolute Gasteiger partial charge is 2.00 e. The molecule has 6 heteroatoms. The molecular weight excluding hydrogens is 832 g/mol. The van der Waals surface area contributed by atoms with Crippen molar-refractivity contribution in [2.45, 2.75) is 137 Å². The van der Waals surface area contributed by atoms with Crippen molar-refractivity contribution in [3.05, 3.63) is 94.2 Å². The quantitative estimate of drug-likeness (QED) is 0.165. The van der Waals surface area contributed by atoms with Gasteiger partial charge in [0.1, 0.15) is 5.65 Å². The van der Waals surface area contributed by atoms with Crippen LogP contribution in [0.25, 0.3) is 27.6 Å². The van der Waals surface area contributed by atoms with Crippen LogP contribution in [0.2, 0.25) is 0 Å². The van der Waals surface area contributed by atoms with Crippen LogP contribution in [0.3, 0.4) is 0 Å². The van der Waals surface area contributed by atoms with Gasteiger partial charge in [-0.05, 0) is 64.3 Å². The number of rotatable bonds is 5. The third-order valence-corrected chi connectivity index (χ3v) is 12.2. The zero-order valence-electron chi connectivity index (χ0n) is 33.6. The number of hydrogen-bond donors (Lipinski definition) is 0. The molecular formula is C47H56N4OPt. The molecule has 5 aromatic rings. The van der Waals surface area contributed by atoms with E-state index in [1.165, 1.54) is 70.6 Å². The summed E-state index contributed by atoms with van der Waals surface area (Å²) in [6.45, 7) is 26.2. The summed E-state index contributed by atoms with van der Waals surface area (Å²) in [5.41, 5.74) is 10.3. The molecule has 8 rings (SSSR count). The van der Waals surface area contributed by atoms with Crippen LogP contribution in [0.4, 0.5) is 0 Å². The predicted molar refractivity (Wildman–Crippen MR) is 216 cm³/mol. The van der Waals surface area contributed by atoms with Crippen LogP contribution in [-0.4, -0.2) is 38.9 Å². The number of aliphatic imine (C=N–C) groups is 1. The van der Waals surface area contributed by atoms with Crippen molar-refractivity contribution >= 4 is 27.8 Å². The van der Waals surface area contributed by atoms with Crippen LogP contribution >= 0.6 is 0 Å². The predicted octanol–water partition coefficient (Wildman–Crippen LogP) is 11.7. The van der Waals surface area contributed by atoms with E-state index in [1.807, 2.05) is 6.20 Å². The summed E-state index contributed by atoms with van der Waals surface area (Å²) in [5.74, 6) is 2.86. The number of pyridine rings is 1. The van der Waals surface area contributed by atoms with E-state index < -0.39 is 0 Å². The molecule has 0 saturated heterocycles. The molecule has 53 heavy (non-hydrogen) atoms. The van der Waals surface area contributed by atoms with Crippen molar-refractivity contribution in [1.82, 2.24) is 14.5 Å². The molecule has 2 aliphatic heterocycles. The van der Waals surface area contributed by atoms with E-state index in [0.29, 0.717) is 12.0 Å². The van der Waals surface area contributed by atoms with Crippen molar-refractivity contribution in [3.63, 3.8) is 0 Å². The Morgan fingerprint density at radius 1 is 0.906 bits per heavy atom. The molecule has 3 aliphatic rings. The molecule has 4 heterocycles. The van der Waals surface area contributed by atoms with Crippen molar-refractivity contribution in [1.29, 1.82) is 0 Å². The van der Waals surface area contributed by atoms with E-state index in [-0.39, 0.29) is 43.4 Å². The standard InChI is InChI=1S/C47H56N4O.Pt/c1-28(2)30-21-31(43-49-41(46(7,8)9)27-50(43)33-16-13-12-14-17-33)23-34(22-30)52-40-26-39-37(20-29(40)3)47(10,11)38-25-32(45(4,5)6)24-36-35-18-15-19-48-44(35)51(39)42(36)38;/h15,18-22,24-25,28,33,41H,12-14,16-17,27H2,1-11H3;/q-2;+2/t41-;/m0./s1. The fourth-order valence-corrected chi connectivity index (χ4v) is 8.75. The van der Waals surface area contributed by atoms with Crippen LogP contribution in [0.1, 0.15) is 141 Å². The molecule has 1 atom stereocenters. The Morgan fingerprint density at radius 3 is 2.32 bits per heavy atom. The molecule has 3 aromatic carbocycles. The molecule has 1 saturated carbocycles. The summed E-state index contributed by atoms with van der Waals surface area (Å²) in [6, 6.07) is 24.2. The molecule has 0 amide bonds. The van der Waals surface area contributed by atoms with Crippen LogP contribution in [-0.2, 0) is 31.9 Å². The Bertz CT molecular complexity index is 2240. The van der Waals surface area contributed by atoms with E-state index in [9.17, 15) is 0 Å². The maximum atomic E-state index is 6.93. The third kappa shape index (κ3) is 6.47. The van der Waals surface area contributed by atoms with Gasteiger partial charge in [-0.15, -0.1) is 34.4 Å². The van der Waals surface area contributed by atoms with Crippen molar-refractivity contribution in [2.24, 2.45) is 10.4 Å². The monoisotopic (exact) mass is 887 g/mol. The number of aromatic nitrogens is 2. The summed E-state index contributed by atoms with van der Waals surface area (Å²) < 4.78 is 9.26. The molecule has 0 bridgehead atoms. The minimum atomic E-state index is -0.247. The first-order valence-electron chi connectivity index (χ1n) is 19.6. The Balaban J connectivity index is 0.00000435. The number of benzene rings is 3. The number of hydrogen-bond acceptors (Lipinski definition) is 4. The molecule has 2 aromatic heterocycles. The Labute approximate surface area is 331 Å². The molecule has 1 aliphatic carbocycles. The maximum Gasteiger partial charge on any atom is 2.00 e. The second-order valence-corrected chi connectivity index (χ2v) is 18.8. The SMILES string of the molecule is Cc1cc2c([c-]c1Oc1[c-]c(C3=N[C@H](C(C)(C)C)CN3C3CCCCC3)cc(C(C)C)c1)-n1c3ncccc3c3cc(C(C)(C)C)cc(c31)C2(C)C.[Pt+2]. The van der Waals surface area contributed by atoms with Gasteiger partial charge in [-0.1, -0.05) is 119 Å². The van der Waals surface area contributed by atoms with Gasteiger partial charge in [0.25, 0.3) is 0 Å². The second kappa shape index (κ2) is 13.4. The van der Waals surface area contributed by atoms with E-state index in [2.05, 4.69) is 140 Å². The first kappa shape index (κ1) is 37.9. The summed E-state index contributed by atoms with van der Waals surface area (Å²) in [7, 11) is 0. The first-order valence-corrected chi connectivity index (χ1v) is 19.6. The second-order valence-electron chi connectivity index (χ2n) is 18.8. The smallest absolute Gasteiger partial charge is 0.503 e. The number of nitrogens with zero attached hydrogens (tertiary/aromatic N) is 4. The van der Waals surface area contributed by atoms with Gasteiger partial charge in [-0.25, -0.2) is 4.98 Å². The van der Waals surface area contributed by atoms with Crippen molar-refractivity contribution < 1.29 is 25.8 Å². The molecule has 280 valence electrons. The minimum absolute atomic E-state index is 0. The fourth-order valence-electron chi connectivity index (χ4n) is 8.75. The first-order chi connectivity index (χ1) is 24.5. The fraction of sp³-hybridized carbons (Fsp3) is 0.489. The summed E-state index contributed by atoms with van der Waals surface area (Å²) >= 11 is 0. The summed E-state index contributed by atoms with van der Waals surface area (Å²) in [6.07, 6.45) is 8.30. The van der Waals surface area contributed by atoms with Gasteiger partial charge in [0.15, 0.2) is 0 Å². The van der Waals surface area contributed by atoms with Crippen LogP contribution < -0.4 is 4.74 Å². The van der Waals surface area contributed by atoms with Crippen LogP contribution in [0.15, 0.2) is 53.7 Å². The zero-order chi connectivity index (χ0) is 36.9. The topological polar surface area (TPSA) is 42.6 Å². The van der Waals surface area contributed by atoms with Crippen molar-refractivity contribution in [3.8, 4) is 17.2 Å². The summed E-state index contributed by atoms with van der Waals surface area (Å²) in [4.78, 5) is 13.0. The van der Waals surface area contributed by atoms with Gasteiger partial charge in [-0.3, -0.25) is 0 Å². The van der Waals surface area contributed by atoms with Gasteiger partial charge < -0.3 is 19.2 Å². The summed E-state index contributed by atoms with van der Waals surface area (Å²) in [5, 5.41) is 2.41. The van der Waals surface area contributed by atoms with E-state index in [4.69, 9.17) is 14.7 Å². The molecule has 1 fully saturated rings. The average molecular weight is 888 g/mol. The molecule has 0 spiro atoms. The molecule has 0 radical (unpaired) electrons. The molecule has 0 N–H and O–H groups in total. The van der Waals surface area contributed by atoms with Gasteiger partial charge in [0.2, 0.25) is 0 Å². The minimum Gasteiger partial charge on any atom is -0.503 e. The van der Waals surface area contributed by atoms with E-state index >= 15 is 0 Å². The normalized spacial score (nSPS) is 18.8. The number of aryl methyl sites for hydroxylation is 1. The van der Waals surface area contributed by atoms with Gasteiger partial charge in [-0.2, -0.15) is 6.07 Å². The zero-order valence-corrected chi connectivity index (χ0v) is 35.9. The molecule has 0 unspecified atom stereocenters. The number of ether oxygens (including phenoxy) is 1. The maximum absolute atomic E-state index is 6.93. The van der Waals surface area contributed by atoms with Gasteiger partial charge in [0.05, 0.1) is 11.6 Å². The van der Waals surface area contributed by atoms with Crippen LogP contribution in [0.5, 0.6) is 11.5 Å². The number of fused-ring (bicyclic) bond motifs is 5. The van der Waals surface area contributed by atoms with E-state index in [1.54, 1.807) is 0 Å². The molecule has 5 nitrogen and oxygen atoms in total. The Kier molecular flexibility index (Phi) is 9.57. The number of amidine groups is 1. The van der Waals surface area contributed by atoms with E-state index in [0.717, 1.165) is 46.3 Å².